The van der Waals surface area contributed by atoms with Crippen LogP contribution in [-0.4, -0.2) is 47.2 Å². The van der Waals surface area contributed by atoms with Gasteiger partial charge in [-0.1, -0.05) is 0 Å². The largest absolute Gasteiger partial charge is 0.344 e. The van der Waals surface area contributed by atoms with Gasteiger partial charge in [-0.05, 0) is 43.2 Å². The van der Waals surface area contributed by atoms with Crippen molar-refractivity contribution in [1.29, 1.82) is 0 Å². The number of carbonyl (C=O) groups is 2. The Kier molecular flexibility index (Phi) is 4.50. The lowest BCUT2D eigenvalue weighted by molar-refractivity contribution is 0.0737. The first-order valence-corrected chi connectivity index (χ1v) is 10.2. The molecule has 1 aliphatic heterocycles. The molecule has 0 N–H and O–H groups in total. The van der Waals surface area contributed by atoms with Crippen LogP contribution in [0.3, 0.4) is 0 Å². The maximum atomic E-state index is 13.1. The minimum atomic E-state index is 0.00565. The number of hydrogen-bond acceptors (Lipinski definition) is 5. The van der Waals surface area contributed by atoms with Crippen LogP contribution in [0.15, 0.2) is 35.8 Å². The van der Waals surface area contributed by atoms with Gasteiger partial charge in [0.2, 0.25) is 0 Å². The molecular weight excluding hydrogens is 366 g/mol. The Balaban J connectivity index is 1.60. The maximum Gasteiger partial charge on any atom is 0.263 e. The van der Waals surface area contributed by atoms with E-state index in [0.29, 0.717) is 10.4 Å². The van der Waals surface area contributed by atoms with E-state index in [1.54, 1.807) is 35.8 Å². The number of rotatable bonds is 3. The smallest absolute Gasteiger partial charge is 0.263 e. The highest BCUT2D eigenvalue weighted by Gasteiger charge is 2.32. The number of likely N-dealkylation sites (tertiary alicyclic amines) is 1. The summed E-state index contributed by atoms with van der Waals surface area (Å²) in [6, 6.07) is 9.62. The fourth-order valence-corrected chi connectivity index (χ4v) is 5.17. The lowest BCUT2D eigenvalue weighted by Crippen LogP contribution is -2.30. The van der Waals surface area contributed by atoms with E-state index in [-0.39, 0.29) is 17.9 Å². The Morgan fingerprint density at radius 1 is 1.23 bits per heavy atom. The average molecular weight is 386 g/mol. The van der Waals surface area contributed by atoms with E-state index in [9.17, 15) is 9.59 Å². The number of hydrogen-bond donors (Lipinski definition) is 0. The van der Waals surface area contributed by atoms with Crippen molar-refractivity contribution in [2.75, 3.05) is 20.6 Å². The lowest BCUT2D eigenvalue weighted by Gasteiger charge is -2.24. The summed E-state index contributed by atoms with van der Waals surface area (Å²) >= 11 is 3.07. The number of benzene rings is 1. The van der Waals surface area contributed by atoms with Crippen LogP contribution in [0.1, 0.15) is 43.8 Å². The third kappa shape index (κ3) is 3.01. The van der Waals surface area contributed by atoms with Gasteiger partial charge in [-0.3, -0.25) is 9.59 Å². The average Bonchev–Trinajstić information content (AvgIpc) is 3.38. The molecule has 3 heterocycles. The Labute approximate surface area is 159 Å². The van der Waals surface area contributed by atoms with Crippen LogP contribution in [0, 0.1) is 0 Å². The molecule has 1 aromatic carbocycles. The van der Waals surface area contributed by atoms with Crippen molar-refractivity contribution in [2.24, 2.45) is 0 Å². The molecule has 0 aliphatic carbocycles. The fraction of sp³-hybridized carbons (Fsp3) is 0.316. The van der Waals surface area contributed by atoms with Gasteiger partial charge >= 0.3 is 0 Å². The first-order chi connectivity index (χ1) is 12.5. The van der Waals surface area contributed by atoms with Gasteiger partial charge in [0.1, 0.15) is 0 Å². The molecule has 134 valence electrons. The number of nitrogens with zero attached hydrogens (tertiary/aromatic N) is 3. The number of thiazole rings is 1. The summed E-state index contributed by atoms with van der Waals surface area (Å²) in [6.07, 6.45) is 1.91. The summed E-state index contributed by atoms with van der Waals surface area (Å²) in [5.74, 6) is 0.0439. The van der Waals surface area contributed by atoms with Crippen molar-refractivity contribution >= 4 is 44.7 Å². The van der Waals surface area contributed by atoms with Gasteiger partial charge in [0.05, 0.1) is 26.6 Å². The topological polar surface area (TPSA) is 53.5 Å². The quantitative estimate of drug-likeness (QED) is 0.684. The third-order valence-corrected chi connectivity index (χ3v) is 6.65. The predicted molar refractivity (Wildman–Crippen MR) is 105 cm³/mol. The number of aromatic nitrogens is 1. The summed E-state index contributed by atoms with van der Waals surface area (Å²) in [5, 5.41) is 0. The van der Waals surface area contributed by atoms with Crippen LogP contribution >= 0.6 is 22.7 Å². The molecule has 2 aromatic heterocycles. The molecule has 2 amide bonds. The highest BCUT2D eigenvalue weighted by atomic mass is 32.1. The fourth-order valence-electron chi connectivity index (χ4n) is 3.33. The molecule has 0 bridgehead atoms. The third-order valence-electron chi connectivity index (χ3n) is 4.66. The van der Waals surface area contributed by atoms with E-state index in [4.69, 9.17) is 0 Å². The molecule has 3 aromatic rings. The standard InChI is InChI=1S/C19H19N3O2S2/c1-21(2)19(24)17-8-7-16(26-17)14-4-3-9-22(14)18(23)12-5-6-15-13(10-12)20-11-25-15/h5-8,10-11,14H,3-4,9H2,1-2H3/t14-/m0/s1. The first kappa shape index (κ1) is 17.2. The van der Waals surface area contributed by atoms with Crippen molar-refractivity contribution < 1.29 is 9.59 Å². The highest BCUT2D eigenvalue weighted by Crippen LogP contribution is 2.37. The van der Waals surface area contributed by atoms with Gasteiger partial charge in [0.15, 0.2) is 0 Å². The monoisotopic (exact) mass is 385 g/mol. The molecule has 5 nitrogen and oxygen atoms in total. The summed E-state index contributed by atoms with van der Waals surface area (Å²) in [4.78, 5) is 34.9. The molecule has 7 heteroatoms. The van der Waals surface area contributed by atoms with Crippen molar-refractivity contribution in [3.8, 4) is 0 Å². The first-order valence-electron chi connectivity index (χ1n) is 8.50. The summed E-state index contributed by atoms with van der Waals surface area (Å²) in [5.41, 5.74) is 3.34. The lowest BCUT2D eigenvalue weighted by atomic mass is 10.1. The zero-order chi connectivity index (χ0) is 18.3. The van der Waals surface area contributed by atoms with E-state index in [2.05, 4.69) is 4.98 Å². The van der Waals surface area contributed by atoms with Crippen molar-refractivity contribution in [2.45, 2.75) is 18.9 Å². The van der Waals surface area contributed by atoms with Gasteiger partial charge in [-0.15, -0.1) is 22.7 Å². The van der Waals surface area contributed by atoms with E-state index >= 15 is 0 Å². The molecule has 0 radical (unpaired) electrons. The van der Waals surface area contributed by atoms with Gasteiger partial charge in [0.25, 0.3) is 11.8 Å². The van der Waals surface area contributed by atoms with E-state index in [1.165, 1.54) is 11.3 Å². The summed E-state index contributed by atoms with van der Waals surface area (Å²) < 4.78 is 1.09. The summed E-state index contributed by atoms with van der Waals surface area (Å²) in [7, 11) is 3.50. The molecule has 26 heavy (non-hydrogen) atoms. The predicted octanol–water partition coefficient (Wildman–Crippen LogP) is 4.04. The second kappa shape index (κ2) is 6.81. The SMILES string of the molecule is CN(C)C(=O)c1ccc([C@@H]2CCCN2C(=O)c2ccc3scnc3c2)s1. The van der Waals surface area contributed by atoms with E-state index in [1.807, 2.05) is 35.2 Å². The zero-order valence-electron chi connectivity index (χ0n) is 14.6. The number of carbonyl (C=O) groups excluding carboxylic acids is 2. The summed E-state index contributed by atoms with van der Waals surface area (Å²) in [6.45, 7) is 0.744. The number of fused-ring (bicyclic) bond motifs is 1. The van der Waals surface area contributed by atoms with Crippen LogP contribution in [-0.2, 0) is 0 Å². The number of thiophene rings is 1. The minimum absolute atomic E-state index is 0.00565. The molecule has 1 fully saturated rings. The van der Waals surface area contributed by atoms with Gasteiger partial charge in [-0.25, -0.2) is 4.98 Å². The maximum absolute atomic E-state index is 13.1. The second-order valence-corrected chi connectivity index (χ2v) is 8.59. The molecule has 1 aliphatic rings. The second-order valence-electron chi connectivity index (χ2n) is 6.59. The molecule has 1 saturated heterocycles. The Morgan fingerprint density at radius 2 is 2.08 bits per heavy atom. The Bertz CT molecular complexity index is 976. The molecular formula is C19H19N3O2S2. The molecule has 0 spiro atoms. The van der Waals surface area contributed by atoms with Crippen LogP contribution < -0.4 is 0 Å². The van der Waals surface area contributed by atoms with Crippen molar-refractivity contribution in [3.63, 3.8) is 0 Å². The van der Waals surface area contributed by atoms with Crippen molar-refractivity contribution in [3.05, 3.63) is 51.2 Å². The van der Waals surface area contributed by atoms with Gasteiger partial charge < -0.3 is 9.80 Å². The highest BCUT2D eigenvalue weighted by molar-refractivity contribution is 7.16. The molecule has 0 saturated carbocycles. The van der Waals surface area contributed by atoms with E-state index in [0.717, 1.165) is 34.5 Å². The van der Waals surface area contributed by atoms with Crippen LogP contribution in [0.2, 0.25) is 0 Å². The van der Waals surface area contributed by atoms with Crippen molar-refractivity contribution in [1.82, 2.24) is 14.8 Å². The van der Waals surface area contributed by atoms with Gasteiger partial charge in [-0.2, -0.15) is 0 Å². The molecule has 1 atom stereocenters. The Morgan fingerprint density at radius 3 is 2.88 bits per heavy atom. The van der Waals surface area contributed by atoms with Crippen LogP contribution in [0.5, 0.6) is 0 Å². The zero-order valence-corrected chi connectivity index (χ0v) is 16.3. The normalized spacial score (nSPS) is 17.0. The van der Waals surface area contributed by atoms with Crippen LogP contribution in [0.25, 0.3) is 10.2 Å². The molecule has 0 unspecified atom stereocenters. The van der Waals surface area contributed by atoms with Gasteiger partial charge in [0, 0.05) is 31.1 Å². The molecule has 4 rings (SSSR count). The van der Waals surface area contributed by atoms with E-state index < -0.39 is 0 Å². The Hall–Kier alpha value is -2.25. The van der Waals surface area contributed by atoms with Crippen LogP contribution in [0.4, 0.5) is 0 Å². The number of amides is 2. The minimum Gasteiger partial charge on any atom is -0.344 e.